The molecule has 0 aromatic heterocycles. The van der Waals surface area contributed by atoms with Crippen molar-refractivity contribution in [3.8, 4) is 0 Å². The minimum atomic E-state index is -1.56. The fourth-order valence-electron chi connectivity index (χ4n) is 0.829. The Hall–Kier alpha value is -1.30. The Balaban J connectivity index is 3.71. The largest absolute Gasteiger partial charge is 0.479 e. The lowest BCUT2D eigenvalue weighted by molar-refractivity contribution is -0.146. The maximum absolute atomic E-state index is 11.2. The average Bonchev–Trinajstić information content (AvgIpc) is 2.21. The van der Waals surface area contributed by atoms with Crippen molar-refractivity contribution in [1.29, 1.82) is 0 Å². The Morgan fingerprint density at radius 2 is 1.62 bits per heavy atom. The van der Waals surface area contributed by atoms with Crippen molar-refractivity contribution in [3.63, 3.8) is 0 Å². The molecule has 6 heteroatoms. The summed E-state index contributed by atoms with van der Waals surface area (Å²) in [4.78, 5) is 21.4. The molecule has 0 radical (unpaired) electrons. The topological polar surface area (TPSA) is 98.7 Å². The van der Waals surface area contributed by atoms with Crippen molar-refractivity contribution >= 4 is 12.0 Å². The van der Waals surface area contributed by atoms with E-state index < -0.39 is 18.1 Å². The molecule has 2 atom stereocenters. The summed E-state index contributed by atoms with van der Waals surface area (Å²) in [6, 6.07) is -0.465. The molecule has 2 amide bonds. The van der Waals surface area contributed by atoms with E-state index >= 15 is 0 Å². The first-order valence-corrected chi connectivity index (χ1v) is 5.27. The van der Waals surface area contributed by atoms with Gasteiger partial charge in [-0.1, -0.05) is 20.8 Å². The Labute approximate surface area is 95.0 Å². The molecule has 16 heavy (non-hydrogen) atoms. The minimum absolute atomic E-state index is 0.294. The van der Waals surface area contributed by atoms with E-state index in [0.29, 0.717) is 18.4 Å². The van der Waals surface area contributed by atoms with Crippen LogP contribution < -0.4 is 10.6 Å². The van der Waals surface area contributed by atoms with Crippen molar-refractivity contribution in [3.05, 3.63) is 0 Å². The maximum atomic E-state index is 11.2. The lowest BCUT2D eigenvalue weighted by atomic mass is 9.98. The van der Waals surface area contributed by atoms with Gasteiger partial charge in [-0.05, 0) is 11.8 Å². The highest BCUT2D eigenvalue weighted by atomic mass is 16.4. The molecule has 0 fully saturated rings. The van der Waals surface area contributed by atoms with Crippen LogP contribution in [0.4, 0.5) is 4.79 Å². The summed E-state index contributed by atoms with van der Waals surface area (Å²) in [6.07, 6.45) is -1.56. The zero-order valence-electron chi connectivity index (χ0n) is 9.86. The number of carbonyl (C=O) groups excluding carboxylic acids is 1. The Bertz CT molecular complexity index is 243. The number of aliphatic hydroxyl groups is 1. The average molecular weight is 232 g/mol. The molecule has 4 N–H and O–H groups in total. The van der Waals surface area contributed by atoms with Crippen LogP contribution in [0.25, 0.3) is 0 Å². The van der Waals surface area contributed by atoms with Crippen LogP contribution in [0.5, 0.6) is 0 Å². The summed E-state index contributed by atoms with van der Waals surface area (Å²) in [7, 11) is 0. The number of carboxylic acids is 1. The second-order valence-corrected chi connectivity index (χ2v) is 4.17. The Morgan fingerprint density at radius 3 is 2.06 bits per heavy atom. The molecule has 0 aromatic carbocycles. The van der Waals surface area contributed by atoms with E-state index in [0.717, 1.165) is 0 Å². The lowest BCUT2D eigenvalue weighted by Crippen LogP contribution is -2.43. The van der Waals surface area contributed by atoms with Gasteiger partial charge in [-0.15, -0.1) is 0 Å². The van der Waals surface area contributed by atoms with E-state index in [1.54, 1.807) is 0 Å². The zero-order valence-corrected chi connectivity index (χ0v) is 9.86. The molecular formula is C10H20N2O4. The third-order valence-electron chi connectivity index (χ3n) is 2.46. The van der Waals surface area contributed by atoms with Gasteiger partial charge in [0.1, 0.15) is 0 Å². The smallest absolute Gasteiger partial charge is 0.334 e. The van der Waals surface area contributed by atoms with E-state index in [-0.39, 0.29) is 6.54 Å². The molecule has 0 saturated carbocycles. The van der Waals surface area contributed by atoms with E-state index in [1.165, 1.54) is 0 Å². The van der Waals surface area contributed by atoms with Crippen LogP contribution in [0.15, 0.2) is 0 Å². The molecule has 0 saturated heterocycles. The first-order valence-electron chi connectivity index (χ1n) is 5.27. The minimum Gasteiger partial charge on any atom is -0.479 e. The molecule has 0 spiro atoms. The summed E-state index contributed by atoms with van der Waals surface area (Å²) in [5.41, 5.74) is 0. The van der Waals surface area contributed by atoms with Crippen LogP contribution in [-0.2, 0) is 4.79 Å². The summed E-state index contributed by atoms with van der Waals surface area (Å²) >= 11 is 0. The van der Waals surface area contributed by atoms with E-state index in [4.69, 9.17) is 10.2 Å². The molecule has 0 rings (SSSR count). The number of rotatable bonds is 6. The monoisotopic (exact) mass is 232 g/mol. The number of hydrogen-bond acceptors (Lipinski definition) is 3. The van der Waals surface area contributed by atoms with E-state index in [2.05, 4.69) is 24.5 Å². The SMILES string of the molecule is CC(C)C(C)CNC(=O)NCC(O)C(=O)O. The zero-order chi connectivity index (χ0) is 12.7. The molecular weight excluding hydrogens is 212 g/mol. The fraction of sp³-hybridized carbons (Fsp3) is 0.800. The summed E-state index contributed by atoms with van der Waals surface area (Å²) < 4.78 is 0. The molecule has 6 nitrogen and oxygen atoms in total. The summed E-state index contributed by atoms with van der Waals surface area (Å²) in [5.74, 6) is -0.545. The van der Waals surface area contributed by atoms with Gasteiger partial charge in [0.2, 0.25) is 0 Å². The number of carboxylic acid groups (broad SMARTS) is 1. The van der Waals surface area contributed by atoms with Gasteiger partial charge in [0.15, 0.2) is 6.10 Å². The standard InChI is InChI=1S/C10H20N2O4/c1-6(2)7(3)4-11-10(16)12-5-8(13)9(14)15/h6-8,13H,4-5H2,1-3H3,(H,14,15)(H2,11,12,16). The molecule has 0 aliphatic heterocycles. The quantitative estimate of drug-likeness (QED) is 0.519. The van der Waals surface area contributed by atoms with Crippen LogP contribution in [0.2, 0.25) is 0 Å². The van der Waals surface area contributed by atoms with Crippen LogP contribution in [0, 0.1) is 11.8 Å². The second-order valence-electron chi connectivity index (χ2n) is 4.17. The predicted octanol–water partition coefficient (Wildman–Crippen LogP) is 0.0232. The van der Waals surface area contributed by atoms with Gasteiger partial charge in [-0.2, -0.15) is 0 Å². The number of nitrogens with one attached hydrogen (secondary N) is 2. The van der Waals surface area contributed by atoms with Crippen molar-refractivity contribution in [1.82, 2.24) is 10.6 Å². The number of carbonyl (C=O) groups is 2. The fourth-order valence-corrected chi connectivity index (χ4v) is 0.829. The first-order chi connectivity index (χ1) is 7.34. The van der Waals surface area contributed by atoms with Gasteiger partial charge in [-0.3, -0.25) is 0 Å². The highest BCUT2D eigenvalue weighted by molar-refractivity contribution is 5.76. The normalized spacial score (nSPS) is 14.3. The molecule has 2 unspecified atom stereocenters. The number of hydrogen-bond donors (Lipinski definition) is 4. The second kappa shape index (κ2) is 7.05. The number of urea groups is 1. The highest BCUT2D eigenvalue weighted by Gasteiger charge is 2.14. The summed E-state index contributed by atoms with van der Waals surface area (Å²) in [6.45, 7) is 6.35. The Kier molecular flexibility index (Phi) is 6.48. The van der Waals surface area contributed by atoms with Gasteiger partial charge in [0.05, 0.1) is 6.54 Å². The van der Waals surface area contributed by atoms with E-state index in [9.17, 15) is 9.59 Å². The predicted molar refractivity (Wildman–Crippen MR) is 59.0 cm³/mol. The third kappa shape index (κ3) is 6.23. The van der Waals surface area contributed by atoms with Gasteiger partial charge in [0, 0.05) is 6.54 Å². The number of aliphatic hydroxyl groups excluding tert-OH is 1. The highest BCUT2D eigenvalue weighted by Crippen LogP contribution is 2.07. The van der Waals surface area contributed by atoms with Crippen molar-refractivity contribution in [2.45, 2.75) is 26.9 Å². The van der Waals surface area contributed by atoms with Crippen LogP contribution >= 0.6 is 0 Å². The molecule has 94 valence electrons. The van der Waals surface area contributed by atoms with Crippen molar-refractivity contribution < 1.29 is 19.8 Å². The number of aliphatic carboxylic acids is 1. The van der Waals surface area contributed by atoms with Crippen LogP contribution in [-0.4, -0.2) is 41.4 Å². The molecule has 0 heterocycles. The Morgan fingerprint density at radius 1 is 1.12 bits per heavy atom. The molecule has 0 aliphatic rings. The van der Waals surface area contributed by atoms with Gasteiger partial charge >= 0.3 is 12.0 Å². The van der Waals surface area contributed by atoms with Crippen molar-refractivity contribution in [2.75, 3.05) is 13.1 Å². The maximum Gasteiger partial charge on any atom is 0.334 e. The third-order valence-corrected chi connectivity index (χ3v) is 2.46. The van der Waals surface area contributed by atoms with Crippen molar-refractivity contribution in [2.24, 2.45) is 11.8 Å². The lowest BCUT2D eigenvalue weighted by Gasteiger charge is -2.16. The van der Waals surface area contributed by atoms with Crippen LogP contribution in [0.3, 0.4) is 0 Å². The van der Waals surface area contributed by atoms with Gasteiger partial charge < -0.3 is 20.8 Å². The molecule has 0 aliphatic carbocycles. The van der Waals surface area contributed by atoms with E-state index in [1.807, 2.05) is 6.92 Å². The number of amides is 2. The van der Waals surface area contributed by atoms with Crippen LogP contribution in [0.1, 0.15) is 20.8 Å². The van der Waals surface area contributed by atoms with Gasteiger partial charge in [0.25, 0.3) is 0 Å². The molecule has 0 bridgehead atoms. The first kappa shape index (κ1) is 14.7. The summed E-state index contributed by atoms with van der Waals surface area (Å²) in [5, 5.41) is 22.1. The molecule has 0 aromatic rings. The van der Waals surface area contributed by atoms with Gasteiger partial charge in [-0.25, -0.2) is 9.59 Å².